The van der Waals surface area contributed by atoms with Gasteiger partial charge in [0.2, 0.25) is 0 Å². The Balaban J connectivity index is 2.01. The number of aromatic nitrogens is 1. The molecule has 0 aliphatic carbocycles. The van der Waals surface area contributed by atoms with Gasteiger partial charge in [0.15, 0.2) is 0 Å². The van der Waals surface area contributed by atoms with Gasteiger partial charge in [0.05, 0.1) is 5.60 Å². The number of hydrogen-bond donors (Lipinski definition) is 1. The molecule has 0 spiro atoms. The monoisotopic (exact) mass is 469 g/mol. The van der Waals surface area contributed by atoms with E-state index in [1.807, 2.05) is 32.3 Å². The van der Waals surface area contributed by atoms with E-state index >= 15 is 0 Å². The second kappa shape index (κ2) is 11.4. The van der Waals surface area contributed by atoms with Gasteiger partial charge in [-0.1, -0.05) is 83.2 Å². The van der Waals surface area contributed by atoms with Gasteiger partial charge in [-0.15, -0.1) is 0 Å². The molecule has 0 saturated heterocycles. The molecule has 0 fully saturated rings. The zero-order valence-electron chi connectivity index (χ0n) is 22.8. The van der Waals surface area contributed by atoms with Gasteiger partial charge in [-0.3, -0.25) is 4.98 Å². The summed E-state index contributed by atoms with van der Waals surface area (Å²) in [4.78, 5) is 4.46. The first kappa shape index (κ1) is 26.9. The van der Waals surface area contributed by atoms with E-state index in [0.29, 0.717) is 0 Å². The van der Waals surface area contributed by atoms with Crippen LogP contribution >= 0.6 is 0 Å². The van der Waals surface area contributed by atoms with Crippen LogP contribution in [0.4, 0.5) is 0 Å². The van der Waals surface area contributed by atoms with E-state index in [9.17, 15) is 5.11 Å². The van der Waals surface area contributed by atoms with E-state index in [-0.39, 0.29) is 5.41 Å². The van der Waals surface area contributed by atoms with Gasteiger partial charge >= 0.3 is 0 Å². The zero-order valence-corrected chi connectivity index (χ0v) is 22.8. The van der Waals surface area contributed by atoms with Crippen LogP contribution in [0.5, 0.6) is 0 Å². The van der Waals surface area contributed by atoms with Gasteiger partial charge in [0.25, 0.3) is 0 Å². The predicted octanol–water partition coefficient (Wildman–Crippen LogP) is 8.60. The minimum atomic E-state index is -0.729. The summed E-state index contributed by atoms with van der Waals surface area (Å²) < 4.78 is 0. The molecule has 0 aliphatic rings. The van der Waals surface area contributed by atoms with Crippen molar-refractivity contribution >= 4 is 6.08 Å². The van der Waals surface area contributed by atoms with E-state index in [4.69, 9.17) is 0 Å². The Hall–Kier alpha value is -2.71. The van der Waals surface area contributed by atoms with Crippen molar-refractivity contribution in [3.8, 4) is 11.1 Å². The molecule has 0 aliphatic heterocycles. The third-order valence-corrected chi connectivity index (χ3v) is 8.12. The first-order valence-corrected chi connectivity index (χ1v) is 13.3. The molecule has 0 atom stereocenters. The fraction of sp³-hybridized carbons (Fsp3) is 0.424. The minimum Gasteiger partial charge on any atom is -0.386 e. The Morgan fingerprint density at radius 1 is 0.771 bits per heavy atom. The minimum absolute atomic E-state index is 0.0343. The van der Waals surface area contributed by atoms with Crippen LogP contribution in [0.1, 0.15) is 93.7 Å². The normalized spacial score (nSPS) is 12.5. The highest BCUT2D eigenvalue weighted by atomic mass is 16.3. The van der Waals surface area contributed by atoms with Crippen molar-refractivity contribution in [1.82, 2.24) is 4.98 Å². The van der Waals surface area contributed by atoms with E-state index in [1.54, 1.807) is 0 Å². The molecule has 0 radical (unpaired) electrons. The van der Waals surface area contributed by atoms with Crippen molar-refractivity contribution in [3.63, 3.8) is 0 Å². The quantitative estimate of drug-likeness (QED) is 0.322. The van der Waals surface area contributed by atoms with Crippen LogP contribution in [0.2, 0.25) is 0 Å². The maximum Gasteiger partial charge on any atom is 0.0825 e. The molecule has 0 unspecified atom stereocenters. The summed E-state index contributed by atoms with van der Waals surface area (Å²) in [6, 6.07) is 16.1. The summed E-state index contributed by atoms with van der Waals surface area (Å²) >= 11 is 0. The van der Waals surface area contributed by atoms with Crippen molar-refractivity contribution < 1.29 is 5.11 Å². The zero-order chi connectivity index (χ0) is 25.6. The van der Waals surface area contributed by atoms with Gasteiger partial charge in [-0.25, -0.2) is 0 Å². The molecule has 0 amide bonds. The molecule has 2 nitrogen and oxygen atoms in total. The van der Waals surface area contributed by atoms with Crippen LogP contribution in [0.3, 0.4) is 0 Å². The first-order chi connectivity index (χ1) is 16.8. The Kier molecular flexibility index (Phi) is 8.72. The van der Waals surface area contributed by atoms with Gasteiger partial charge in [-0.2, -0.15) is 0 Å². The Morgan fingerprint density at radius 2 is 1.40 bits per heavy atom. The van der Waals surface area contributed by atoms with Crippen LogP contribution in [-0.4, -0.2) is 15.7 Å². The number of aliphatic hydroxyl groups is 1. The highest BCUT2D eigenvalue weighted by Crippen LogP contribution is 2.41. The van der Waals surface area contributed by atoms with E-state index in [1.165, 1.54) is 44.5 Å². The molecule has 3 rings (SSSR count). The lowest BCUT2D eigenvalue weighted by atomic mass is 9.69. The number of nitrogens with zero attached hydrogens (tertiary/aromatic N) is 1. The molecular weight excluding hydrogens is 426 g/mol. The summed E-state index contributed by atoms with van der Waals surface area (Å²) in [6.45, 7) is 15.2. The molecule has 186 valence electrons. The van der Waals surface area contributed by atoms with Crippen molar-refractivity contribution in [2.24, 2.45) is 0 Å². The lowest BCUT2D eigenvalue weighted by Crippen LogP contribution is -2.26. The van der Waals surface area contributed by atoms with Crippen LogP contribution in [-0.2, 0) is 11.8 Å². The molecule has 3 aromatic rings. The number of benzene rings is 2. The Labute approximate surface area is 213 Å². The summed E-state index contributed by atoms with van der Waals surface area (Å²) in [5, 5.41) is 10.7. The summed E-state index contributed by atoms with van der Waals surface area (Å²) in [5.74, 6) is 0. The van der Waals surface area contributed by atoms with Gasteiger partial charge in [0.1, 0.15) is 0 Å². The molecule has 1 aromatic heterocycles. The van der Waals surface area contributed by atoms with E-state index in [0.717, 1.165) is 32.1 Å². The van der Waals surface area contributed by atoms with Crippen LogP contribution in [0.15, 0.2) is 60.9 Å². The summed E-state index contributed by atoms with van der Waals surface area (Å²) in [5.41, 5.74) is 9.40. The van der Waals surface area contributed by atoms with E-state index in [2.05, 4.69) is 88.1 Å². The SMILES string of the molecule is CCc1cncc(-c2ccc(C(CC)(CC)c3ccc(/C=C/C(O)(CC)CC)c(C)c3)cc2C)c1. The second-order valence-corrected chi connectivity index (χ2v) is 9.97. The number of hydrogen-bond acceptors (Lipinski definition) is 2. The molecule has 2 aromatic carbocycles. The maximum absolute atomic E-state index is 10.7. The molecule has 2 heteroatoms. The van der Waals surface area contributed by atoms with Crippen molar-refractivity contribution in [2.45, 2.75) is 91.6 Å². The topological polar surface area (TPSA) is 33.1 Å². The average Bonchev–Trinajstić information content (AvgIpc) is 2.89. The fourth-order valence-corrected chi connectivity index (χ4v) is 5.24. The lowest BCUT2D eigenvalue weighted by molar-refractivity contribution is 0.0836. The van der Waals surface area contributed by atoms with E-state index < -0.39 is 5.60 Å². The predicted molar refractivity (Wildman–Crippen MR) is 151 cm³/mol. The molecule has 0 saturated carbocycles. The van der Waals surface area contributed by atoms with Crippen molar-refractivity contribution in [3.05, 3.63) is 94.3 Å². The van der Waals surface area contributed by atoms with Crippen molar-refractivity contribution in [2.75, 3.05) is 0 Å². The van der Waals surface area contributed by atoms with Crippen LogP contribution < -0.4 is 0 Å². The Bertz CT molecular complexity index is 1170. The molecule has 0 bridgehead atoms. The summed E-state index contributed by atoms with van der Waals surface area (Å²) in [7, 11) is 0. The average molecular weight is 470 g/mol. The third kappa shape index (κ3) is 5.59. The fourth-order valence-electron chi connectivity index (χ4n) is 5.24. The second-order valence-electron chi connectivity index (χ2n) is 9.97. The molecule has 35 heavy (non-hydrogen) atoms. The first-order valence-electron chi connectivity index (χ1n) is 13.3. The molecular formula is C33H43NO. The lowest BCUT2D eigenvalue weighted by Gasteiger charge is -2.34. The Morgan fingerprint density at radius 3 is 1.94 bits per heavy atom. The maximum atomic E-state index is 10.7. The highest BCUT2D eigenvalue weighted by Gasteiger charge is 2.31. The van der Waals surface area contributed by atoms with Crippen LogP contribution in [0.25, 0.3) is 17.2 Å². The van der Waals surface area contributed by atoms with Gasteiger partial charge < -0.3 is 5.11 Å². The smallest absolute Gasteiger partial charge is 0.0825 e. The molecule has 1 heterocycles. The van der Waals surface area contributed by atoms with Crippen LogP contribution in [0, 0.1) is 13.8 Å². The van der Waals surface area contributed by atoms with Gasteiger partial charge in [-0.05, 0) is 91.0 Å². The largest absolute Gasteiger partial charge is 0.386 e. The standard InChI is InChI=1S/C33H43NO/c1-8-26-21-28(23-34-22-26)31-16-15-30(20-25(31)7)33(11-4,12-5)29-14-13-27(24(6)19-29)17-18-32(35,9-2)10-3/h13-23,35H,8-12H2,1-7H3/b18-17+. The molecule has 1 N–H and O–H groups in total. The third-order valence-electron chi connectivity index (χ3n) is 8.12. The van der Waals surface area contributed by atoms with Crippen molar-refractivity contribution in [1.29, 1.82) is 0 Å². The summed E-state index contributed by atoms with van der Waals surface area (Å²) in [6.07, 6.45) is 12.5. The van der Waals surface area contributed by atoms with Gasteiger partial charge in [0, 0.05) is 23.4 Å². The number of rotatable bonds is 10. The number of pyridine rings is 1. The number of aryl methyl sites for hydroxylation is 3. The highest BCUT2D eigenvalue weighted by molar-refractivity contribution is 5.68.